The zero-order valence-corrected chi connectivity index (χ0v) is 16.6. The van der Waals surface area contributed by atoms with Crippen molar-refractivity contribution >= 4 is 29.3 Å². The van der Waals surface area contributed by atoms with Crippen LogP contribution in [0, 0.1) is 0 Å². The van der Waals surface area contributed by atoms with Crippen molar-refractivity contribution in [3.8, 4) is 11.5 Å². The van der Waals surface area contributed by atoms with Gasteiger partial charge in [0.25, 0.3) is 0 Å². The number of guanidine groups is 1. The fraction of sp³-hybridized carbons (Fsp3) is 0.611. The molecule has 1 aliphatic heterocycles. The number of ether oxygens (including phenoxy) is 2. The Morgan fingerprint density at radius 1 is 1.24 bits per heavy atom. The fourth-order valence-electron chi connectivity index (χ4n) is 2.52. The molecule has 0 amide bonds. The molecule has 0 atom stereocenters. The van der Waals surface area contributed by atoms with Crippen LogP contribution in [0.2, 0.25) is 5.02 Å². The van der Waals surface area contributed by atoms with Gasteiger partial charge >= 0.3 is 0 Å². The highest BCUT2D eigenvalue weighted by atomic mass is 35.5. The molecule has 1 heterocycles. The minimum absolute atomic E-state index is 0.549. The SMILES string of the molecule is CCNC(=NCCCCSC)NCCc1cc(Cl)c2c(c1)OCCO2. The number of unbranched alkanes of at least 4 members (excludes halogenated alkanes) is 1. The average molecular weight is 386 g/mol. The van der Waals surface area contributed by atoms with Crippen LogP contribution in [-0.2, 0) is 6.42 Å². The maximum atomic E-state index is 6.29. The number of nitrogens with zero attached hydrogens (tertiary/aromatic N) is 1. The average Bonchev–Trinajstić information content (AvgIpc) is 2.61. The number of benzene rings is 1. The van der Waals surface area contributed by atoms with E-state index in [-0.39, 0.29) is 0 Å². The number of nitrogens with one attached hydrogen (secondary N) is 2. The first-order valence-corrected chi connectivity index (χ1v) is 10.6. The molecular formula is C18H28ClN3O2S. The van der Waals surface area contributed by atoms with Crippen molar-refractivity contribution in [2.24, 2.45) is 4.99 Å². The van der Waals surface area contributed by atoms with E-state index in [2.05, 4.69) is 28.8 Å². The molecule has 1 aromatic rings. The molecular weight excluding hydrogens is 358 g/mol. The Labute approximate surface area is 159 Å². The molecule has 0 unspecified atom stereocenters. The van der Waals surface area contributed by atoms with Gasteiger partial charge in [0.2, 0.25) is 0 Å². The molecule has 1 aliphatic rings. The number of hydrogen-bond donors (Lipinski definition) is 2. The van der Waals surface area contributed by atoms with Gasteiger partial charge in [0.1, 0.15) is 13.2 Å². The minimum atomic E-state index is 0.549. The molecule has 2 rings (SSSR count). The first-order chi connectivity index (χ1) is 12.2. The predicted molar refractivity (Wildman–Crippen MR) is 108 cm³/mol. The fourth-order valence-corrected chi connectivity index (χ4v) is 3.31. The van der Waals surface area contributed by atoms with E-state index in [0.717, 1.165) is 49.7 Å². The molecule has 1 aromatic carbocycles. The van der Waals surface area contributed by atoms with Crippen molar-refractivity contribution in [2.45, 2.75) is 26.2 Å². The molecule has 140 valence electrons. The zero-order valence-electron chi connectivity index (χ0n) is 15.1. The largest absolute Gasteiger partial charge is 0.486 e. The summed E-state index contributed by atoms with van der Waals surface area (Å²) in [5.41, 5.74) is 1.12. The van der Waals surface area contributed by atoms with Crippen molar-refractivity contribution in [2.75, 3.05) is 44.9 Å². The summed E-state index contributed by atoms with van der Waals surface area (Å²) in [7, 11) is 0. The van der Waals surface area contributed by atoms with Gasteiger partial charge < -0.3 is 20.1 Å². The summed E-state index contributed by atoms with van der Waals surface area (Å²) in [4.78, 5) is 4.62. The van der Waals surface area contributed by atoms with Crippen molar-refractivity contribution in [3.05, 3.63) is 22.7 Å². The molecule has 25 heavy (non-hydrogen) atoms. The molecule has 2 N–H and O–H groups in total. The Morgan fingerprint density at radius 2 is 2.08 bits per heavy atom. The summed E-state index contributed by atoms with van der Waals surface area (Å²) in [5, 5.41) is 7.27. The molecule has 0 saturated carbocycles. The van der Waals surface area contributed by atoms with Crippen LogP contribution in [0.1, 0.15) is 25.3 Å². The van der Waals surface area contributed by atoms with E-state index in [9.17, 15) is 0 Å². The van der Waals surface area contributed by atoms with E-state index in [4.69, 9.17) is 21.1 Å². The quantitative estimate of drug-likeness (QED) is 0.388. The van der Waals surface area contributed by atoms with Gasteiger partial charge in [-0.1, -0.05) is 11.6 Å². The van der Waals surface area contributed by atoms with Gasteiger partial charge in [-0.05, 0) is 55.9 Å². The number of rotatable bonds is 9. The molecule has 0 bridgehead atoms. The van der Waals surface area contributed by atoms with Crippen LogP contribution < -0.4 is 20.1 Å². The van der Waals surface area contributed by atoms with Crippen LogP contribution in [0.3, 0.4) is 0 Å². The lowest BCUT2D eigenvalue weighted by Gasteiger charge is -2.20. The van der Waals surface area contributed by atoms with Crippen molar-refractivity contribution < 1.29 is 9.47 Å². The molecule has 5 nitrogen and oxygen atoms in total. The Morgan fingerprint density at radius 3 is 2.88 bits per heavy atom. The van der Waals surface area contributed by atoms with Crippen LogP contribution in [-0.4, -0.2) is 50.8 Å². The first kappa shape index (κ1) is 20.0. The normalized spacial score (nSPS) is 13.6. The standard InChI is InChI=1S/C18H28ClN3O2S/c1-3-20-18(21-7-4-5-11-25-2)22-8-6-14-12-15(19)17-16(13-14)23-9-10-24-17/h12-13H,3-11H2,1-2H3,(H2,20,21,22). The monoisotopic (exact) mass is 385 g/mol. The van der Waals surface area contributed by atoms with Gasteiger partial charge in [0.05, 0.1) is 5.02 Å². The minimum Gasteiger partial charge on any atom is -0.486 e. The Hall–Kier alpha value is -1.27. The van der Waals surface area contributed by atoms with E-state index in [1.54, 1.807) is 0 Å². The van der Waals surface area contributed by atoms with E-state index in [0.29, 0.717) is 24.0 Å². The van der Waals surface area contributed by atoms with Crippen LogP contribution in [0.5, 0.6) is 11.5 Å². The zero-order chi connectivity index (χ0) is 17.9. The summed E-state index contributed by atoms with van der Waals surface area (Å²) < 4.78 is 11.2. The number of fused-ring (bicyclic) bond motifs is 1. The molecule has 7 heteroatoms. The van der Waals surface area contributed by atoms with Crippen molar-refractivity contribution in [3.63, 3.8) is 0 Å². The van der Waals surface area contributed by atoms with Gasteiger partial charge in [-0.2, -0.15) is 11.8 Å². The van der Waals surface area contributed by atoms with Crippen LogP contribution >= 0.6 is 23.4 Å². The number of aliphatic imine (C=N–C) groups is 1. The molecule has 0 fully saturated rings. The highest BCUT2D eigenvalue weighted by Gasteiger charge is 2.16. The van der Waals surface area contributed by atoms with E-state index >= 15 is 0 Å². The van der Waals surface area contributed by atoms with Crippen molar-refractivity contribution in [1.29, 1.82) is 0 Å². The Bertz CT molecular complexity index is 569. The lowest BCUT2D eigenvalue weighted by atomic mass is 10.1. The summed E-state index contributed by atoms with van der Waals surface area (Å²) in [6, 6.07) is 3.96. The topological polar surface area (TPSA) is 54.9 Å². The van der Waals surface area contributed by atoms with Gasteiger partial charge in [0, 0.05) is 19.6 Å². The summed E-state index contributed by atoms with van der Waals surface area (Å²) in [5.74, 6) is 3.47. The van der Waals surface area contributed by atoms with Crippen LogP contribution in [0.25, 0.3) is 0 Å². The highest BCUT2D eigenvalue weighted by molar-refractivity contribution is 7.98. The van der Waals surface area contributed by atoms with E-state index < -0.39 is 0 Å². The highest BCUT2D eigenvalue weighted by Crippen LogP contribution is 2.38. The second kappa shape index (κ2) is 11.4. The smallest absolute Gasteiger partial charge is 0.191 e. The molecule has 0 aromatic heterocycles. The van der Waals surface area contributed by atoms with E-state index in [1.165, 1.54) is 12.2 Å². The molecule has 0 aliphatic carbocycles. The lowest BCUT2D eigenvalue weighted by molar-refractivity contribution is 0.171. The summed E-state index contributed by atoms with van der Waals surface area (Å²) >= 11 is 8.17. The number of hydrogen-bond acceptors (Lipinski definition) is 4. The molecule has 0 spiro atoms. The maximum absolute atomic E-state index is 6.29. The van der Waals surface area contributed by atoms with Gasteiger partial charge in [0.15, 0.2) is 17.5 Å². The second-order valence-corrected chi connectivity index (χ2v) is 7.13. The predicted octanol–water partition coefficient (Wildman–Crippen LogP) is 3.35. The van der Waals surface area contributed by atoms with Crippen LogP contribution in [0.15, 0.2) is 17.1 Å². The summed E-state index contributed by atoms with van der Waals surface area (Å²) in [6.45, 7) is 5.68. The molecule has 0 radical (unpaired) electrons. The Kier molecular flexibility index (Phi) is 9.11. The van der Waals surface area contributed by atoms with Crippen LogP contribution in [0.4, 0.5) is 0 Å². The maximum Gasteiger partial charge on any atom is 0.191 e. The third kappa shape index (κ3) is 6.86. The number of thioether (sulfide) groups is 1. The Balaban J connectivity index is 1.82. The third-order valence-electron chi connectivity index (χ3n) is 3.73. The van der Waals surface area contributed by atoms with Gasteiger partial charge in [-0.25, -0.2) is 0 Å². The lowest BCUT2D eigenvalue weighted by Crippen LogP contribution is -2.38. The third-order valence-corrected chi connectivity index (χ3v) is 4.71. The van der Waals surface area contributed by atoms with Crippen molar-refractivity contribution in [1.82, 2.24) is 10.6 Å². The van der Waals surface area contributed by atoms with Gasteiger partial charge in [-0.15, -0.1) is 0 Å². The summed E-state index contributed by atoms with van der Waals surface area (Å²) in [6.07, 6.45) is 5.31. The molecule has 0 saturated heterocycles. The van der Waals surface area contributed by atoms with E-state index in [1.807, 2.05) is 23.9 Å². The first-order valence-electron chi connectivity index (χ1n) is 8.83. The second-order valence-electron chi connectivity index (χ2n) is 5.74. The number of halogens is 1. The van der Waals surface area contributed by atoms with Gasteiger partial charge in [-0.3, -0.25) is 4.99 Å².